The third-order valence-electron chi connectivity index (χ3n) is 15.2. The van der Waals surface area contributed by atoms with Crippen molar-refractivity contribution >= 4 is 57.3 Å². The number of aliphatic carboxylic acids is 1. The Morgan fingerprint density at radius 2 is 1.32 bits per heavy atom. The molecule has 0 radical (unpaired) electrons. The van der Waals surface area contributed by atoms with Crippen LogP contribution in [-0.4, -0.2) is 216 Å². The number of anilines is 2. The second-order valence-electron chi connectivity index (χ2n) is 21.3. The lowest BCUT2D eigenvalue weighted by molar-refractivity contribution is -0.393. The van der Waals surface area contributed by atoms with Crippen LogP contribution in [0.25, 0.3) is 10.9 Å². The number of benzene rings is 3. The van der Waals surface area contributed by atoms with Crippen LogP contribution < -0.4 is 26.0 Å². The highest BCUT2D eigenvalue weighted by molar-refractivity contribution is 5.98. The molecule has 0 saturated carbocycles. The highest BCUT2D eigenvalue weighted by Gasteiger charge is 2.47. The maximum Gasteiger partial charge on any atom is 0.490 e. The first-order valence-corrected chi connectivity index (χ1v) is 29.0. The number of nitro groups is 2. The number of hydrogen-bond donors (Lipinski definition) is 7. The minimum atomic E-state index is -5.08. The SMILES string of the molecule is Cc1ccc2c(c1)NC[C@]21CCN(CC(O)C2CCN(C(=O)c3cc4ccc(OCCOCCOCCOCCNC(=O)CCC(=O)NCCOCCOCCOCCNc5ccc([N+](=O)[O-])cc5[N+](=O)[O-])cc4[nH]3)CC2)C[C@H]1C.O=C(O)C(F)(F)F. The first-order valence-electron chi connectivity index (χ1n) is 29.0. The van der Waals surface area contributed by atoms with Gasteiger partial charge in [0, 0.05) is 99.3 Å². The van der Waals surface area contributed by atoms with Crippen molar-refractivity contribution in [3.8, 4) is 5.75 Å². The fourth-order valence-corrected chi connectivity index (χ4v) is 10.5. The average Bonchev–Trinajstić information content (AvgIpc) is 1.71. The molecule has 1 unspecified atom stereocenters. The molecule has 4 heterocycles. The number of β-amino-alcohol motifs (C(OH)–C–C–N with tert-alkyl or cyclic N) is 1. The minimum Gasteiger partial charge on any atom is -0.491 e. The number of aliphatic hydroxyl groups is 1. The van der Waals surface area contributed by atoms with Crippen molar-refractivity contribution in [2.75, 3.05) is 155 Å². The van der Waals surface area contributed by atoms with Crippen molar-refractivity contribution in [3.05, 3.63) is 97.7 Å². The molecule has 1 spiro atoms. The number of nitrogens with one attached hydrogen (secondary N) is 5. The molecule has 3 amide bonds. The number of H-pyrrole nitrogens is 1. The van der Waals surface area contributed by atoms with Crippen LogP contribution in [-0.2, 0) is 48.2 Å². The molecule has 2 fully saturated rings. The van der Waals surface area contributed by atoms with E-state index in [9.17, 15) is 52.9 Å². The summed E-state index contributed by atoms with van der Waals surface area (Å²) >= 11 is 0. The number of aromatic nitrogens is 1. The van der Waals surface area contributed by atoms with Crippen LogP contribution in [0.1, 0.15) is 60.6 Å². The van der Waals surface area contributed by atoms with Crippen LogP contribution in [0.3, 0.4) is 0 Å². The van der Waals surface area contributed by atoms with Crippen molar-refractivity contribution in [1.82, 2.24) is 25.4 Å². The highest BCUT2D eigenvalue weighted by atomic mass is 19.4. The number of rotatable bonds is 35. The number of alkyl halides is 3. The van der Waals surface area contributed by atoms with Gasteiger partial charge in [-0.15, -0.1) is 0 Å². The Balaban J connectivity index is 0.00000162. The van der Waals surface area contributed by atoms with E-state index in [1.54, 1.807) is 0 Å². The number of non-ortho nitro benzene ring substituents is 1. The van der Waals surface area contributed by atoms with Crippen molar-refractivity contribution in [2.24, 2.45) is 11.8 Å². The third kappa shape index (κ3) is 22.1. The maximum atomic E-state index is 13.6. The van der Waals surface area contributed by atoms with E-state index in [0.717, 1.165) is 55.9 Å². The zero-order valence-electron chi connectivity index (χ0n) is 49.0. The van der Waals surface area contributed by atoms with E-state index in [2.05, 4.69) is 63.2 Å². The van der Waals surface area contributed by atoms with Gasteiger partial charge < -0.3 is 79.4 Å². The molecule has 87 heavy (non-hydrogen) atoms. The van der Waals surface area contributed by atoms with Crippen molar-refractivity contribution < 1.29 is 85.6 Å². The van der Waals surface area contributed by atoms with Gasteiger partial charge in [-0.1, -0.05) is 19.1 Å². The zero-order chi connectivity index (χ0) is 62.8. The predicted octanol–water partition coefficient (Wildman–Crippen LogP) is 5.45. The normalized spacial score (nSPS) is 17.2. The Kier molecular flexibility index (Phi) is 27.6. The van der Waals surface area contributed by atoms with E-state index in [4.69, 9.17) is 43.1 Å². The molecule has 0 bridgehead atoms. The third-order valence-corrected chi connectivity index (χ3v) is 15.2. The van der Waals surface area contributed by atoms with Gasteiger partial charge in [0.05, 0.1) is 101 Å². The molecule has 4 aromatic rings. The first kappa shape index (κ1) is 68.9. The summed E-state index contributed by atoms with van der Waals surface area (Å²) in [6, 6.07) is 17.8. The lowest BCUT2D eigenvalue weighted by Crippen LogP contribution is -2.52. The van der Waals surface area contributed by atoms with Crippen LogP contribution in [0.4, 0.5) is 35.9 Å². The number of fused-ring (bicyclic) bond motifs is 3. The fraction of sp³-hybridized carbons (Fsp3) is 0.586. The van der Waals surface area contributed by atoms with E-state index < -0.39 is 33.8 Å². The van der Waals surface area contributed by atoms with E-state index in [-0.39, 0.29) is 86.2 Å². The molecule has 3 atom stereocenters. The lowest BCUT2D eigenvalue weighted by atomic mass is 9.67. The van der Waals surface area contributed by atoms with Gasteiger partial charge in [-0.05, 0) is 86.0 Å². The number of ether oxygens (including phenoxy) is 7. The van der Waals surface area contributed by atoms with Crippen molar-refractivity contribution in [1.29, 1.82) is 0 Å². The number of likely N-dealkylation sites (tertiary alicyclic amines) is 2. The number of hydrogen-bond acceptors (Lipinski definition) is 19. The summed E-state index contributed by atoms with van der Waals surface area (Å²) in [5, 5.41) is 53.4. The van der Waals surface area contributed by atoms with Crippen LogP contribution in [0.15, 0.2) is 60.7 Å². The number of carboxylic acid groups (broad SMARTS) is 1. The van der Waals surface area contributed by atoms with Gasteiger partial charge in [0.25, 0.3) is 17.3 Å². The van der Waals surface area contributed by atoms with Crippen molar-refractivity contribution in [2.45, 2.75) is 63.6 Å². The molecule has 26 nitrogen and oxygen atoms in total. The summed E-state index contributed by atoms with van der Waals surface area (Å²) in [6.45, 7) is 14.3. The number of carbonyl (C=O) groups excluding carboxylic acids is 3. The van der Waals surface area contributed by atoms with Crippen LogP contribution in [0, 0.1) is 39.0 Å². The number of aromatic amines is 1. The summed E-state index contributed by atoms with van der Waals surface area (Å²) in [5.74, 6) is -2.01. The summed E-state index contributed by atoms with van der Waals surface area (Å²) < 4.78 is 70.7. The van der Waals surface area contributed by atoms with Gasteiger partial charge >= 0.3 is 12.1 Å². The van der Waals surface area contributed by atoms with Gasteiger partial charge in [0.2, 0.25) is 11.8 Å². The molecule has 29 heteroatoms. The smallest absolute Gasteiger partial charge is 0.490 e. The maximum absolute atomic E-state index is 13.6. The van der Waals surface area contributed by atoms with Crippen molar-refractivity contribution in [3.63, 3.8) is 0 Å². The Morgan fingerprint density at radius 1 is 0.747 bits per heavy atom. The second-order valence-corrected chi connectivity index (χ2v) is 21.3. The Morgan fingerprint density at radius 3 is 1.89 bits per heavy atom. The highest BCUT2D eigenvalue weighted by Crippen LogP contribution is 2.47. The predicted molar refractivity (Wildman–Crippen MR) is 312 cm³/mol. The Bertz CT molecular complexity index is 2880. The minimum absolute atomic E-state index is 0.0334. The van der Waals surface area contributed by atoms with Crippen LogP contribution in [0.2, 0.25) is 0 Å². The molecule has 480 valence electrons. The molecular formula is C58H80F3N9O17. The van der Waals surface area contributed by atoms with E-state index in [1.807, 2.05) is 29.2 Å². The number of piperidine rings is 2. The summed E-state index contributed by atoms with van der Waals surface area (Å²) in [4.78, 5) is 75.0. The molecule has 1 aromatic heterocycles. The number of carboxylic acids is 1. The molecule has 7 rings (SSSR count). The van der Waals surface area contributed by atoms with Gasteiger partial charge in [0.1, 0.15) is 23.7 Å². The first-order chi connectivity index (χ1) is 41.7. The number of aryl methyl sites for hydroxylation is 1. The molecule has 3 aromatic carbocycles. The number of amides is 3. The Labute approximate surface area is 501 Å². The topological polar surface area (TPSA) is 330 Å². The standard InChI is InChI=1S/C56H79N9O15.C2HF3O2/c1-40-3-7-46-49(33-40)60-39-56(46)13-19-62(37-41(56)2)38-52(66)42-11-17-63(18-12-42)55(69)50-34-43-4-6-45(36-48(43)61-50)80-32-31-79-30-29-78-28-25-76-22-16-59-54(68)10-9-53(67)58-15-21-75-24-27-77-26-23-74-20-14-57-47-8-5-44(64(70)71)35-51(47)65(72)73;3-2(4,5)1(6)7/h3-8,33-36,41-42,52,57,60-61,66H,9-32,37-39H2,1-2H3,(H,58,67)(H,59,68);(H,6,7)/t41-,52?,56+;/m1./s1. The molecule has 3 aliphatic rings. The number of nitro benzene ring substituents is 2. The quantitative estimate of drug-likeness (QED) is 0.0171. The van der Waals surface area contributed by atoms with Crippen LogP contribution in [0.5, 0.6) is 5.75 Å². The largest absolute Gasteiger partial charge is 0.491 e. The molecule has 7 N–H and O–H groups in total. The molecule has 0 aliphatic carbocycles. The summed E-state index contributed by atoms with van der Waals surface area (Å²) in [5.41, 5.74) is 4.90. The summed E-state index contributed by atoms with van der Waals surface area (Å²) in [7, 11) is 0. The second kappa shape index (κ2) is 34.9. The average molecular weight is 1230 g/mol. The van der Waals surface area contributed by atoms with Gasteiger partial charge in [-0.25, -0.2) is 4.79 Å². The molecule has 2 saturated heterocycles. The van der Waals surface area contributed by atoms with E-state index in [0.29, 0.717) is 110 Å². The zero-order valence-corrected chi connectivity index (χ0v) is 49.0. The molecule has 3 aliphatic heterocycles. The fourth-order valence-electron chi connectivity index (χ4n) is 10.5. The van der Waals surface area contributed by atoms with Gasteiger partial charge in [-0.3, -0.25) is 34.6 Å². The number of aliphatic hydroxyl groups excluding tert-OH is 1. The lowest BCUT2D eigenvalue weighted by Gasteiger charge is -2.46. The monoisotopic (exact) mass is 1230 g/mol. The number of carbonyl (C=O) groups is 4. The number of halogens is 3. The summed E-state index contributed by atoms with van der Waals surface area (Å²) in [6.07, 6.45) is -2.79. The Hall–Kier alpha value is -7.25. The van der Waals surface area contributed by atoms with E-state index in [1.165, 1.54) is 28.9 Å². The van der Waals surface area contributed by atoms with Gasteiger partial charge in [-0.2, -0.15) is 13.2 Å². The van der Waals surface area contributed by atoms with E-state index >= 15 is 0 Å². The molecular weight excluding hydrogens is 1150 g/mol. The van der Waals surface area contributed by atoms with Crippen LogP contribution >= 0.6 is 0 Å². The number of nitrogens with zero attached hydrogens (tertiary/aromatic N) is 4. The van der Waals surface area contributed by atoms with Gasteiger partial charge in [0.15, 0.2) is 0 Å².